The highest BCUT2D eigenvalue weighted by Crippen LogP contribution is 2.26. The van der Waals surface area contributed by atoms with Crippen LogP contribution in [-0.4, -0.2) is 34.6 Å². The molecule has 2 amide bonds. The first-order valence-corrected chi connectivity index (χ1v) is 12.8. The van der Waals surface area contributed by atoms with E-state index in [1.54, 1.807) is 29.2 Å². The molecule has 0 fully saturated rings. The molecule has 2 aromatic carbocycles. The second-order valence-corrected chi connectivity index (χ2v) is 10.2. The normalized spacial score (nSPS) is 12.0. The third kappa shape index (κ3) is 8.03. The highest BCUT2D eigenvalue weighted by Gasteiger charge is 2.29. The molecule has 0 aromatic heterocycles. The lowest BCUT2D eigenvalue weighted by Crippen LogP contribution is -2.50. The fraction of sp³-hybridized carbons (Fsp3) is 0.391. The van der Waals surface area contributed by atoms with E-state index in [1.165, 1.54) is 11.8 Å². The molecule has 1 N–H and O–H groups in total. The average molecular weight is 536 g/mol. The van der Waals surface area contributed by atoms with Crippen molar-refractivity contribution in [1.29, 1.82) is 0 Å². The summed E-state index contributed by atoms with van der Waals surface area (Å²) < 4.78 is 0. The summed E-state index contributed by atoms with van der Waals surface area (Å²) in [5, 5.41) is 4.88. The van der Waals surface area contributed by atoms with Gasteiger partial charge in [-0.05, 0) is 55.7 Å². The second-order valence-electron chi connectivity index (χ2n) is 7.59. The number of thioether (sulfide) groups is 1. The number of nitrogens with zero attached hydrogens (tertiary/aromatic N) is 1. The van der Waals surface area contributed by atoms with E-state index in [-0.39, 0.29) is 30.2 Å². The number of amides is 2. The van der Waals surface area contributed by atoms with Crippen LogP contribution in [0.15, 0.2) is 36.4 Å². The summed E-state index contributed by atoms with van der Waals surface area (Å²) in [6.45, 7) is 5.92. The van der Waals surface area contributed by atoms with Gasteiger partial charge >= 0.3 is 0 Å². The minimum Gasteiger partial charge on any atom is -0.352 e. The number of hydrogen-bond donors (Lipinski definition) is 1. The molecule has 4 nitrogen and oxygen atoms in total. The van der Waals surface area contributed by atoms with Gasteiger partial charge in [0.15, 0.2) is 0 Å². The number of carbonyl (C=O) groups is 2. The van der Waals surface area contributed by atoms with Gasteiger partial charge in [-0.15, -0.1) is 11.8 Å². The highest BCUT2D eigenvalue weighted by atomic mass is 35.5. The molecule has 9 heteroatoms. The number of nitrogens with one attached hydrogen (secondary N) is 1. The van der Waals surface area contributed by atoms with E-state index in [4.69, 9.17) is 46.4 Å². The van der Waals surface area contributed by atoms with Gasteiger partial charge in [-0.25, -0.2) is 0 Å². The number of halogens is 4. The van der Waals surface area contributed by atoms with E-state index in [2.05, 4.69) is 5.32 Å². The molecule has 0 saturated carbocycles. The van der Waals surface area contributed by atoms with Crippen LogP contribution >= 0.6 is 58.2 Å². The number of benzene rings is 2. The maximum atomic E-state index is 13.2. The Hall–Kier alpha value is -1.11. The maximum Gasteiger partial charge on any atom is 0.243 e. The Balaban J connectivity index is 2.18. The lowest BCUT2D eigenvalue weighted by molar-refractivity contribution is -0.139. The lowest BCUT2D eigenvalue weighted by Gasteiger charge is -2.31. The van der Waals surface area contributed by atoms with E-state index >= 15 is 0 Å². The quantitative estimate of drug-likeness (QED) is 0.361. The lowest BCUT2D eigenvalue weighted by atomic mass is 10.1. The van der Waals surface area contributed by atoms with Gasteiger partial charge in [0.2, 0.25) is 11.8 Å². The van der Waals surface area contributed by atoms with Gasteiger partial charge in [0.1, 0.15) is 6.04 Å². The van der Waals surface area contributed by atoms with Crippen LogP contribution in [0.4, 0.5) is 0 Å². The zero-order valence-corrected chi connectivity index (χ0v) is 22.0. The fourth-order valence-corrected chi connectivity index (χ4v) is 4.89. The van der Waals surface area contributed by atoms with Crippen LogP contribution in [-0.2, 0) is 21.9 Å². The average Bonchev–Trinajstić information content (AvgIpc) is 2.71. The molecule has 1 atom stereocenters. The second kappa shape index (κ2) is 13.0. The Morgan fingerprint density at radius 2 is 1.72 bits per heavy atom. The number of hydrogen-bond acceptors (Lipinski definition) is 3. The Morgan fingerprint density at radius 3 is 2.31 bits per heavy atom. The van der Waals surface area contributed by atoms with Gasteiger partial charge in [0.25, 0.3) is 0 Å². The van der Waals surface area contributed by atoms with Crippen molar-refractivity contribution >= 4 is 70.0 Å². The van der Waals surface area contributed by atoms with Gasteiger partial charge in [0.05, 0.1) is 15.8 Å². The van der Waals surface area contributed by atoms with E-state index in [9.17, 15) is 9.59 Å². The van der Waals surface area contributed by atoms with Gasteiger partial charge in [-0.3, -0.25) is 9.59 Å². The highest BCUT2D eigenvalue weighted by molar-refractivity contribution is 7.99. The van der Waals surface area contributed by atoms with Crippen LogP contribution in [0.5, 0.6) is 0 Å². The molecule has 0 bridgehead atoms. The van der Waals surface area contributed by atoms with Crippen molar-refractivity contribution in [3.8, 4) is 0 Å². The van der Waals surface area contributed by atoms with Crippen LogP contribution in [0, 0.1) is 0 Å². The van der Waals surface area contributed by atoms with Crippen LogP contribution in [0.25, 0.3) is 0 Å². The van der Waals surface area contributed by atoms with E-state index < -0.39 is 6.04 Å². The van der Waals surface area contributed by atoms with Crippen molar-refractivity contribution in [3.63, 3.8) is 0 Å². The predicted molar refractivity (Wildman–Crippen MR) is 137 cm³/mol. The molecule has 0 spiro atoms. The molecule has 2 aromatic rings. The van der Waals surface area contributed by atoms with E-state index in [0.29, 0.717) is 32.3 Å². The van der Waals surface area contributed by atoms with Crippen molar-refractivity contribution in [1.82, 2.24) is 10.2 Å². The van der Waals surface area contributed by atoms with Gasteiger partial charge in [0, 0.05) is 28.4 Å². The fourth-order valence-electron chi connectivity index (χ4n) is 3.10. The van der Waals surface area contributed by atoms with Crippen LogP contribution in [0.1, 0.15) is 38.3 Å². The molecule has 0 heterocycles. The minimum atomic E-state index is -0.598. The van der Waals surface area contributed by atoms with Crippen molar-refractivity contribution in [2.24, 2.45) is 0 Å². The summed E-state index contributed by atoms with van der Waals surface area (Å²) in [5.41, 5.74) is 1.70. The summed E-state index contributed by atoms with van der Waals surface area (Å²) >= 11 is 25.8. The first kappa shape index (κ1) is 27.1. The third-order valence-corrected chi connectivity index (χ3v) is 6.94. The topological polar surface area (TPSA) is 49.4 Å². The SMILES string of the molecule is CCC(C(=O)NC(C)C)N(Cc1ccc(Cl)c(Cl)c1)C(=O)CSCc1ccc(Cl)cc1Cl. The Labute approximate surface area is 213 Å². The molecule has 0 aliphatic heterocycles. The van der Waals surface area contributed by atoms with Crippen molar-refractivity contribution in [2.45, 2.75) is 51.6 Å². The zero-order chi connectivity index (χ0) is 23.8. The summed E-state index contributed by atoms with van der Waals surface area (Å²) in [5.74, 6) is 0.432. The summed E-state index contributed by atoms with van der Waals surface area (Å²) in [7, 11) is 0. The van der Waals surface area contributed by atoms with Crippen molar-refractivity contribution in [3.05, 3.63) is 67.6 Å². The van der Waals surface area contributed by atoms with Crippen molar-refractivity contribution in [2.75, 3.05) is 5.75 Å². The summed E-state index contributed by atoms with van der Waals surface area (Å²) in [6, 6.07) is 9.89. The van der Waals surface area contributed by atoms with E-state index in [1.807, 2.05) is 32.9 Å². The van der Waals surface area contributed by atoms with Gasteiger partial charge in [-0.2, -0.15) is 0 Å². The monoisotopic (exact) mass is 534 g/mol. The standard InChI is InChI=1S/C23H26Cl4N2O2S/c1-4-21(23(31)28-14(2)3)29(11-15-5-8-18(25)20(27)9-15)22(30)13-32-12-16-6-7-17(24)10-19(16)26/h5-10,14,21H,4,11-13H2,1-3H3,(H,28,31). The molecule has 174 valence electrons. The molecule has 0 aliphatic carbocycles. The molecule has 0 aliphatic rings. The predicted octanol–water partition coefficient (Wildman–Crippen LogP) is 6.87. The first-order valence-electron chi connectivity index (χ1n) is 10.2. The molecule has 2 rings (SSSR count). The number of carbonyl (C=O) groups excluding carboxylic acids is 2. The molecule has 0 saturated heterocycles. The first-order chi connectivity index (χ1) is 15.1. The Bertz CT molecular complexity index is 956. The van der Waals surface area contributed by atoms with Crippen molar-refractivity contribution < 1.29 is 9.59 Å². The van der Waals surface area contributed by atoms with Crippen LogP contribution < -0.4 is 5.32 Å². The summed E-state index contributed by atoms with van der Waals surface area (Å²) in [6.07, 6.45) is 0.485. The van der Waals surface area contributed by atoms with Crippen LogP contribution in [0.2, 0.25) is 20.1 Å². The van der Waals surface area contributed by atoms with Crippen LogP contribution in [0.3, 0.4) is 0 Å². The molecule has 0 radical (unpaired) electrons. The number of rotatable bonds is 10. The van der Waals surface area contributed by atoms with Gasteiger partial charge < -0.3 is 10.2 Å². The smallest absolute Gasteiger partial charge is 0.243 e. The Kier molecular flexibility index (Phi) is 11.0. The molecular formula is C23H26Cl4N2O2S. The zero-order valence-electron chi connectivity index (χ0n) is 18.1. The third-order valence-electron chi connectivity index (χ3n) is 4.65. The van der Waals surface area contributed by atoms with E-state index in [0.717, 1.165) is 11.1 Å². The van der Waals surface area contributed by atoms with Gasteiger partial charge in [-0.1, -0.05) is 65.5 Å². The molecule has 1 unspecified atom stereocenters. The molecular weight excluding hydrogens is 510 g/mol. The summed E-state index contributed by atoms with van der Waals surface area (Å²) in [4.78, 5) is 27.7. The maximum absolute atomic E-state index is 13.2. The Morgan fingerprint density at radius 1 is 1.00 bits per heavy atom. The molecule has 32 heavy (non-hydrogen) atoms. The minimum absolute atomic E-state index is 0.0279. The largest absolute Gasteiger partial charge is 0.352 e.